The molecule has 1 unspecified atom stereocenters. The van der Waals surface area contributed by atoms with Crippen molar-refractivity contribution >= 4 is 40.7 Å². The molecule has 1 atom stereocenters. The molecule has 4 heteroatoms. The first-order valence-corrected chi connectivity index (χ1v) is 8.40. The van der Waals surface area contributed by atoms with Gasteiger partial charge in [0.25, 0.3) is 0 Å². The van der Waals surface area contributed by atoms with Gasteiger partial charge < -0.3 is 5.32 Å². The zero-order chi connectivity index (χ0) is 15.2. The van der Waals surface area contributed by atoms with Gasteiger partial charge in [0.05, 0.1) is 6.04 Å². The first kappa shape index (κ1) is 16.3. The van der Waals surface area contributed by atoms with E-state index in [2.05, 4.69) is 31.0 Å². The van der Waals surface area contributed by atoms with Gasteiger partial charge in [0.2, 0.25) is 0 Å². The van der Waals surface area contributed by atoms with E-state index in [9.17, 15) is 0 Å². The van der Waals surface area contributed by atoms with Crippen molar-refractivity contribution in [1.29, 1.82) is 0 Å². The Hall–Kier alpha value is -1.09. The Labute approximate surface area is 140 Å². The number of rotatable bonds is 6. The highest BCUT2D eigenvalue weighted by atomic mass is 35.5. The SMILES string of the molecule is C=CCSc1ccccc1NC(C)c1ccc(Cl)cc1Cl. The van der Waals surface area contributed by atoms with Gasteiger partial charge in [0, 0.05) is 26.4 Å². The van der Waals surface area contributed by atoms with Gasteiger partial charge in [0.1, 0.15) is 0 Å². The molecule has 0 aliphatic rings. The third kappa shape index (κ3) is 4.44. The van der Waals surface area contributed by atoms with E-state index in [0.717, 1.165) is 17.0 Å². The number of benzene rings is 2. The molecule has 0 radical (unpaired) electrons. The topological polar surface area (TPSA) is 12.0 Å². The molecular weight excluding hydrogens is 321 g/mol. The van der Waals surface area contributed by atoms with Gasteiger partial charge in [-0.15, -0.1) is 18.3 Å². The summed E-state index contributed by atoms with van der Waals surface area (Å²) in [5, 5.41) is 4.84. The third-order valence-corrected chi connectivity index (χ3v) is 4.68. The second-order valence-electron chi connectivity index (χ2n) is 4.63. The fourth-order valence-corrected chi connectivity index (χ4v) is 3.35. The molecule has 21 heavy (non-hydrogen) atoms. The molecule has 2 aromatic carbocycles. The van der Waals surface area contributed by atoms with Crippen LogP contribution in [-0.2, 0) is 0 Å². The highest BCUT2D eigenvalue weighted by molar-refractivity contribution is 7.99. The minimum absolute atomic E-state index is 0.0975. The Kier molecular flexibility index (Phi) is 6.04. The van der Waals surface area contributed by atoms with Crippen LogP contribution in [0.3, 0.4) is 0 Å². The van der Waals surface area contributed by atoms with Crippen molar-refractivity contribution in [2.45, 2.75) is 17.9 Å². The summed E-state index contributed by atoms with van der Waals surface area (Å²) in [7, 11) is 0. The average Bonchev–Trinajstić information content (AvgIpc) is 2.46. The normalized spacial score (nSPS) is 12.0. The molecule has 2 rings (SSSR count). The summed E-state index contributed by atoms with van der Waals surface area (Å²) in [6.07, 6.45) is 1.90. The lowest BCUT2D eigenvalue weighted by molar-refractivity contribution is 0.880. The van der Waals surface area contributed by atoms with Crippen molar-refractivity contribution in [3.05, 3.63) is 70.7 Å². The zero-order valence-corrected chi connectivity index (χ0v) is 14.1. The van der Waals surface area contributed by atoms with Crippen molar-refractivity contribution in [3.8, 4) is 0 Å². The first-order chi connectivity index (χ1) is 10.1. The number of thioether (sulfide) groups is 1. The van der Waals surface area contributed by atoms with Crippen LogP contribution in [0, 0.1) is 0 Å². The van der Waals surface area contributed by atoms with Crippen LogP contribution in [0.25, 0.3) is 0 Å². The van der Waals surface area contributed by atoms with Gasteiger partial charge in [-0.05, 0) is 36.8 Å². The molecule has 0 bridgehead atoms. The summed E-state index contributed by atoms with van der Waals surface area (Å²) >= 11 is 14.0. The highest BCUT2D eigenvalue weighted by Gasteiger charge is 2.11. The zero-order valence-electron chi connectivity index (χ0n) is 11.8. The van der Waals surface area contributed by atoms with Crippen LogP contribution in [0.15, 0.2) is 60.0 Å². The molecule has 0 aliphatic carbocycles. The van der Waals surface area contributed by atoms with Gasteiger partial charge in [0.15, 0.2) is 0 Å². The molecule has 0 heterocycles. The van der Waals surface area contributed by atoms with Gasteiger partial charge in [-0.25, -0.2) is 0 Å². The van der Waals surface area contributed by atoms with E-state index in [1.807, 2.05) is 30.3 Å². The standard InChI is InChI=1S/C17H17Cl2NS/c1-3-10-21-17-7-5-4-6-16(17)20-12(2)14-9-8-13(18)11-15(14)19/h3-9,11-12,20H,1,10H2,2H3. The lowest BCUT2D eigenvalue weighted by atomic mass is 10.1. The van der Waals surface area contributed by atoms with E-state index < -0.39 is 0 Å². The average molecular weight is 338 g/mol. The van der Waals surface area contributed by atoms with Gasteiger partial charge in [-0.1, -0.05) is 47.5 Å². The van der Waals surface area contributed by atoms with Crippen molar-refractivity contribution in [2.75, 3.05) is 11.1 Å². The molecule has 1 N–H and O–H groups in total. The summed E-state index contributed by atoms with van der Waals surface area (Å²) < 4.78 is 0. The fourth-order valence-electron chi connectivity index (χ4n) is 2.02. The third-order valence-electron chi connectivity index (χ3n) is 3.04. The van der Waals surface area contributed by atoms with E-state index in [4.69, 9.17) is 23.2 Å². The Bertz CT molecular complexity index is 628. The van der Waals surface area contributed by atoms with E-state index in [-0.39, 0.29) is 6.04 Å². The monoisotopic (exact) mass is 337 g/mol. The molecule has 0 aliphatic heterocycles. The number of nitrogens with one attached hydrogen (secondary N) is 1. The molecule has 2 aromatic rings. The molecule has 0 aromatic heterocycles. The molecule has 0 saturated heterocycles. The summed E-state index contributed by atoms with van der Waals surface area (Å²) in [4.78, 5) is 1.20. The first-order valence-electron chi connectivity index (χ1n) is 6.66. The molecule has 110 valence electrons. The van der Waals surface area contributed by atoms with Crippen LogP contribution in [-0.4, -0.2) is 5.75 Å². The van der Waals surface area contributed by atoms with Crippen molar-refractivity contribution < 1.29 is 0 Å². The molecule has 1 nitrogen and oxygen atoms in total. The maximum atomic E-state index is 6.27. The Morgan fingerprint density at radius 3 is 2.71 bits per heavy atom. The van der Waals surface area contributed by atoms with Gasteiger partial charge in [-0.3, -0.25) is 0 Å². The summed E-state index contributed by atoms with van der Waals surface area (Å²) in [6, 6.07) is 13.9. The molecule has 0 fully saturated rings. The van der Waals surface area contributed by atoms with Gasteiger partial charge in [-0.2, -0.15) is 0 Å². The number of hydrogen-bond acceptors (Lipinski definition) is 2. The van der Waals surface area contributed by atoms with E-state index in [0.29, 0.717) is 10.0 Å². The second kappa shape index (κ2) is 7.79. The van der Waals surface area contributed by atoms with Crippen LogP contribution < -0.4 is 5.32 Å². The lowest BCUT2D eigenvalue weighted by Crippen LogP contribution is -2.08. The van der Waals surface area contributed by atoms with Crippen LogP contribution in [0.4, 0.5) is 5.69 Å². The summed E-state index contributed by atoms with van der Waals surface area (Å²) in [5.41, 5.74) is 2.13. The van der Waals surface area contributed by atoms with Crippen LogP contribution in [0.5, 0.6) is 0 Å². The molecule has 0 spiro atoms. The summed E-state index contributed by atoms with van der Waals surface area (Å²) in [6.45, 7) is 5.85. The lowest BCUT2D eigenvalue weighted by Gasteiger charge is -2.19. The molecule has 0 saturated carbocycles. The smallest absolute Gasteiger partial charge is 0.0500 e. The van der Waals surface area contributed by atoms with Gasteiger partial charge >= 0.3 is 0 Å². The predicted molar refractivity (Wildman–Crippen MR) is 95.9 cm³/mol. The number of halogens is 2. The minimum Gasteiger partial charge on any atom is -0.378 e. The fraction of sp³-hybridized carbons (Fsp3) is 0.176. The predicted octanol–water partition coefficient (Wildman–Crippen LogP) is 6.44. The van der Waals surface area contributed by atoms with Crippen molar-refractivity contribution in [3.63, 3.8) is 0 Å². The Morgan fingerprint density at radius 2 is 2.00 bits per heavy atom. The second-order valence-corrected chi connectivity index (χ2v) is 6.53. The van der Waals surface area contributed by atoms with Crippen LogP contribution in [0.2, 0.25) is 10.0 Å². The number of anilines is 1. The summed E-state index contributed by atoms with van der Waals surface area (Å²) in [5.74, 6) is 0.884. The minimum atomic E-state index is 0.0975. The highest BCUT2D eigenvalue weighted by Crippen LogP contribution is 2.32. The number of para-hydroxylation sites is 1. The maximum Gasteiger partial charge on any atom is 0.0500 e. The van der Waals surface area contributed by atoms with Crippen molar-refractivity contribution in [2.24, 2.45) is 0 Å². The Morgan fingerprint density at radius 1 is 1.24 bits per heavy atom. The van der Waals surface area contributed by atoms with Crippen LogP contribution in [0.1, 0.15) is 18.5 Å². The quantitative estimate of drug-likeness (QED) is 0.480. The largest absolute Gasteiger partial charge is 0.378 e. The van der Waals surface area contributed by atoms with E-state index >= 15 is 0 Å². The van der Waals surface area contributed by atoms with E-state index in [1.165, 1.54) is 4.90 Å². The maximum absolute atomic E-state index is 6.27. The van der Waals surface area contributed by atoms with E-state index in [1.54, 1.807) is 17.8 Å². The van der Waals surface area contributed by atoms with Crippen LogP contribution >= 0.6 is 35.0 Å². The van der Waals surface area contributed by atoms with Crippen molar-refractivity contribution in [1.82, 2.24) is 0 Å². The molecular formula is C17H17Cl2NS. The number of hydrogen-bond donors (Lipinski definition) is 1. The Balaban J connectivity index is 2.19. The molecule has 0 amide bonds.